The molecule has 0 fully saturated rings. The average molecular weight is 347 g/mol. The van der Waals surface area contributed by atoms with Gasteiger partial charge in [-0.05, 0) is 36.6 Å². The Morgan fingerprint density at radius 1 is 1.42 bits per heavy atom. The number of H-pyrrole nitrogens is 1. The predicted octanol–water partition coefficient (Wildman–Crippen LogP) is 2.77. The van der Waals surface area contributed by atoms with Crippen LogP contribution in [0.15, 0.2) is 35.3 Å². The molecular formula is C18H19ClN2O3. The van der Waals surface area contributed by atoms with Crippen molar-refractivity contribution in [2.45, 2.75) is 32.2 Å². The Morgan fingerprint density at radius 3 is 3.00 bits per heavy atom. The van der Waals surface area contributed by atoms with Crippen LogP contribution in [-0.2, 0) is 17.6 Å². The van der Waals surface area contributed by atoms with Crippen molar-refractivity contribution in [2.75, 3.05) is 6.61 Å². The number of amides is 1. The van der Waals surface area contributed by atoms with Crippen LogP contribution in [0.1, 0.15) is 36.1 Å². The van der Waals surface area contributed by atoms with Gasteiger partial charge in [-0.3, -0.25) is 9.59 Å². The largest absolute Gasteiger partial charge is 0.493 e. The molecule has 0 saturated carbocycles. The Kier molecular flexibility index (Phi) is 4.90. The van der Waals surface area contributed by atoms with Crippen molar-refractivity contribution in [1.82, 2.24) is 10.3 Å². The molecule has 2 aromatic rings. The molecule has 3 rings (SSSR count). The maximum absolute atomic E-state index is 12.2. The highest BCUT2D eigenvalue weighted by Gasteiger charge is 2.22. The first-order valence-electron chi connectivity index (χ1n) is 7.95. The van der Waals surface area contributed by atoms with E-state index in [1.165, 1.54) is 6.07 Å². The molecule has 1 atom stereocenters. The third-order valence-electron chi connectivity index (χ3n) is 4.11. The van der Waals surface area contributed by atoms with Gasteiger partial charge in [0.05, 0.1) is 12.6 Å². The molecule has 2 heterocycles. The number of halogens is 1. The summed E-state index contributed by atoms with van der Waals surface area (Å²) in [5, 5.41) is 3.64. The minimum atomic E-state index is -0.182. The summed E-state index contributed by atoms with van der Waals surface area (Å²) >= 11 is 6.17. The second kappa shape index (κ2) is 7.09. The van der Waals surface area contributed by atoms with Crippen LogP contribution in [0.25, 0.3) is 0 Å². The van der Waals surface area contributed by atoms with Crippen LogP contribution < -0.4 is 15.6 Å². The fraction of sp³-hybridized carbons (Fsp3) is 0.333. The van der Waals surface area contributed by atoms with Gasteiger partial charge in [0, 0.05) is 35.7 Å². The van der Waals surface area contributed by atoms with Crippen LogP contribution in [0.3, 0.4) is 0 Å². The van der Waals surface area contributed by atoms with Crippen molar-refractivity contribution in [2.24, 2.45) is 0 Å². The van der Waals surface area contributed by atoms with E-state index in [9.17, 15) is 9.59 Å². The quantitative estimate of drug-likeness (QED) is 0.874. The molecule has 0 saturated heterocycles. The smallest absolute Gasteiger partial charge is 0.247 e. The van der Waals surface area contributed by atoms with Crippen LogP contribution in [0.4, 0.5) is 0 Å². The fourth-order valence-electron chi connectivity index (χ4n) is 2.87. The number of ether oxygens (including phenoxy) is 1. The van der Waals surface area contributed by atoms with Gasteiger partial charge in [-0.15, -0.1) is 0 Å². The highest BCUT2D eigenvalue weighted by molar-refractivity contribution is 6.30. The summed E-state index contributed by atoms with van der Waals surface area (Å²) in [5.74, 6) is 0.785. The molecule has 0 spiro atoms. The third kappa shape index (κ3) is 3.79. The topological polar surface area (TPSA) is 71.2 Å². The molecule has 1 amide bonds. The predicted molar refractivity (Wildman–Crippen MR) is 92.6 cm³/mol. The number of hydrogen-bond acceptors (Lipinski definition) is 3. The molecule has 0 radical (unpaired) electrons. The van der Waals surface area contributed by atoms with Crippen molar-refractivity contribution in [3.8, 4) is 5.75 Å². The number of nitrogens with one attached hydrogen (secondary N) is 2. The normalized spacial score (nSPS) is 13.9. The summed E-state index contributed by atoms with van der Waals surface area (Å²) in [6, 6.07) is 6.77. The summed E-state index contributed by atoms with van der Waals surface area (Å²) in [6.45, 7) is 2.57. The van der Waals surface area contributed by atoms with E-state index >= 15 is 0 Å². The lowest BCUT2D eigenvalue weighted by Crippen LogP contribution is -2.27. The van der Waals surface area contributed by atoms with Crippen LogP contribution in [0, 0.1) is 0 Å². The molecule has 2 N–H and O–H groups in total. The Labute approximate surface area is 145 Å². The van der Waals surface area contributed by atoms with Gasteiger partial charge in [-0.2, -0.15) is 0 Å². The zero-order chi connectivity index (χ0) is 17.1. The van der Waals surface area contributed by atoms with E-state index < -0.39 is 0 Å². The van der Waals surface area contributed by atoms with Crippen LogP contribution in [0.5, 0.6) is 5.75 Å². The van der Waals surface area contributed by atoms with Crippen molar-refractivity contribution in [3.63, 3.8) is 0 Å². The number of aromatic nitrogens is 1. The Hall–Kier alpha value is -2.27. The lowest BCUT2D eigenvalue weighted by Gasteiger charge is -2.18. The van der Waals surface area contributed by atoms with E-state index in [4.69, 9.17) is 16.3 Å². The third-order valence-corrected chi connectivity index (χ3v) is 4.33. The van der Waals surface area contributed by atoms with Gasteiger partial charge >= 0.3 is 0 Å². The second-order valence-corrected chi connectivity index (χ2v) is 6.37. The highest BCUT2D eigenvalue weighted by atomic mass is 35.5. The number of pyridine rings is 1. The van der Waals surface area contributed by atoms with Gasteiger partial charge in [0.25, 0.3) is 0 Å². The van der Waals surface area contributed by atoms with Crippen molar-refractivity contribution < 1.29 is 9.53 Å². The van der Waals surface area contributed by atoms with E-state index in [0.29, 0.717) is 24.5 Å². The molecule has 1 unspecified atom stereocenters. The van der Waals surface area contributed by atoms with E-state index in [0.717, 1.165) is 28.9 Å². The number of aryl methyl sites for hydroxylation is 1. The van der Waals surface area contributed by atoms with Gasteiger partial charge < -0.3 is 15.0 Å². The van der Waals surface area contributed by atoms with Gasteiger partial charge in [-0.1, -0.05) is 17.7 Å². The lowest BCUT2D eigenvalue weighted by atomic mass is 10.0. The monoisotopic (exact) mass is 346 g/mol. The van der Waals surface area contributed by atoms with Crippen molar-refractivity contribution >= 4 is 17.5 Å². The van der Waals surface area contributed by atoms with Gasteiger partial charge in [0.15, 0.2) is 0 Å². The first kappa shape index (κ1) is 16.6. The van der Waals surface area contributed by atoms with Crippen molar-refractivity contribution in [3.05, 3.63) is 62.5 Å². The zero-order valence-corrected chi connectivity index (χ0v) is 14.2. The zero-order valence-electron chi connectivity index (χ0n) is 13.4. The summed E-state index contributed by atoms with van der Waals surface area (Å²) in [5.41, 5.74) is 2.77. The molecule has 5 nitrogen and oxygen atoms in total. The Bertz CT molecular complexity index is 796. The summed E-state index contributed by atoms with van der Waals surface area (Å²) in [7, 11) is 0. The van der Waals surface area contributed by atoms with Gasteiger partial charge in [0.2, 0.25) is 11.5 Å². The molecule has 1 aliphatic heterocycles. The number of fused-ring (bicyclic) bond motifs is 1. The van der Waals surface area contributed by atoms with Crippen molar-refractivity contribution in [1.29, 1.82) is 0 Å². The standard InChI is InChI=1S/C18H19ClN2O3/c1-11(15-9-14(19)8-13-6-7-24-18(13)15)21-17(23)5-3-12-2-4-16(22)20-10-12/h2,4,8-11H,3,5-7H2,1H3,(H,20,22)(H,21,23). The summed E-state index contributed by atoms with van der Waals surface area (Å²) < 4.78 is 5.68. The minimum Gasteiger partial charge on any atom is -0.493 e. The maximum atomic E-state index is 12.2. The molecule has 6 heteroatoms. The highest BCUT2D eigenvalue weighted by Crippen LogP contribution is 2.36. The first-order chi connectivity index (χ1) is 11.5. The molecule has 1 aromatic heterocycles. The van der Waals surface area contributed by atoms with E-state index in [2.05, 4.69) is 10.3 Å². The molecule has 0 bridgehead atoms. The van der Waals surface area contributed by atoms with E-state index in [1.807, 2.05) is 19.1 Å². The molecular weight excluding hydrogens is 328 g/mol. The lowest BCUT2D eigenvalue weighted by molar-refractivity contribution is -0.121. The Morgan fingerprint density at radius 2 is 2.25 bits per heavy atom. The molecule has 126 valence electrons. The number of rotatable bonds is 5. The number of aromatic amines is 1. The SMILES string of the molecule is CC(NC(=O)CCc1ccc(=O)[nH]c1)c1cc(Cl)cc2c1OCC2. The molecule has 1 aromatic carbocycles. The van der Waals surface area contributed by atoms with Gasteiger partial charge in [-0.25, -0.2) is 0 Å². The summed E-state index contributed by atoms with van der Waals surface area (Å²) in [4.78, 5) is 25.8. The van der Waals surface area contributed by atoms with Crippen LogP contribution in [-0.4, -0.2) is 17.5 Å². The number of hydrogen-bond donors (Lipinski definition) is 2. The van der Waals surface area contributed by atoms with Crippen LogP contribution in [0.2, 0.25) is 5.02 Å². The number of benzene rings is 1. The number of carbonyl (C=O) groups excluding carboxylic acids is 1. The van der Waals surface area contributed by atoms with Gasteiger partial charge in [0.1, 0.15) is 5.75 Å². The molecule has 1 aliphatic rings. The maximum Gasteiger partial charge on any atom is 0.247 e. The minimum absolute atomic E-state index is 0.0552. The number of carbonyl (C=O) groups is 1. The molecule has 24 heavy (non-hydrogen) atoms. The second-order valence-electron chi connectivity index (χ2n) is 5.93. The first-order valence-corrected chi connectivity index (χ1v) is 8.33. The average Bonchev–Trinajstić information content (AvgIpc) is 3.01. The molecule has 0 aliphatic carbocycles. The van der Waals surface area contributed by atoms with E-state index in [-0.39, 0.29) is 17.5 Å². The fourth-order valence-corrected chi connectivity index (χ4v) is 3.12. The van der Waals surface area contributed by atoms with Crippen LogP contribution >= 0.6 is 11.6 Å². The van der Waals surface area contributed by atoms with E-state index in [1.54, 1.807) is 12.3 Å². The Balaban J connectivity index is 1.62. The summed E-state index contributed by atoms with van der Waals surface area (Å²) in [6.07, 6.45) is 3.39.